The lowest BCUT2D eigenvalue weighted by molar-refractivity contribution is 0.661. The first-order valence-electron chi connectivity index (χ1n) is 8.78. The molecule has 0 spiro atoms. The molecule has 0 saturated heterocycles. The number of rotatable bonds is 1. The molecule has 5 rings (SSSR count). The Morgan fingerprint density at radius 2 is 1.58 bits per heavy atom. The summed E-state index contributed by atoms with van der Waals surface area (Å²) in [5, 5.41) is 2.68. The highest BCUT2D eigenvalue weighted by Crippen LogP contribution is 2.50. The van der Waals surface area contributed by atoms with Crippen molar-refractivity contribution in [2.45, 2.75) is 32.6 Å². The molecule has 1 N–H and O–H groups in total. The molecule has 0 saturated carbocycles. The maximum atomic E-state index is 3.62. The minimum atomic E-state index is 0.0615. The SMILES string of the molecule is CCc1ccc2[nH]c3cc4c(cc3c2c1)-c1ccccc1C4(C)C. The summed E-state index contributed by atoms with van der Waals surface area (Å²) >= 11 is 0. The Labute approximate surface area is 142 Å². The number of aromatic nitrogens is 1. The molecule has 1 aliphatic rings. The van der Waals surface area contributed by atoms with Gasteiger partial charge in [-0.2, -0.15) is 0 Å². The lowest BCUT2D eigenvalue weighted by atomic mass is 9.82. The van der Waals surface area contributed by atoms with Crippen LogP contribution in [-0.2, 0) is 11.8 Å². The Morgan fingerprint density at radius 3 is 2.42 bits per heavy atom. The van der Waals surface area contributed by atoms with Crippen LogP contribution in [0.4, 0.5) is 0 Å². The average molecular weight is 311 g/mol. The summed E-state index contributed by atoms with van der Waals surface area (Å²) in [5.41, 5.74) is 9.59. The predicted molar refractivity (Wildman–Crippen MR) is 103 cm³/mol. The molecule has 0 amide bonds. The molecular formula is C23H21N. The van der Waals surface area contributed by atoms with E-state index in [2.05, 4.69) is 80.4 Å². The zero-order chi connectivity index (χ0) is 16.5. The zero-order valence-electron chi connectivity index (χ0n) is 14.4. The van der Waals surface area contributed by atoms with Crippen LogP contribution in [0.5, 0.6) is 0 Å². The van der Waals surface area contributed by atoms with E-state index in [0.717, 1.165) is 6.42 Å². The fourth-order valence-corrected chi connectivity index (χ4v) is 4.36. The van der Waals surface area contributed by atoms with Crippen molar-refractivity contribution < 1.29 is 0 Å². The van der Waals surface area contributed by atoms with Gasteiger partial charge in [0, 0.05) is 27.2 Å². The monoisotopic (exact) mass is 311 g/mol. The van der Waals surface area contributed by atoms with E-state index in [-0.39, 0.29) is 5.41 Å². The molecule has 0 radical (unpaired) electrons. The van der Waals surface area contributed by atoms with Crippen molar-refractivity contribution in [3.05, 3.63) is 71.3 Å². The summed E-state index contributed by atoms with van der Waals surface area (Å²) in [6.07, 6.45) is 1.07. The van der Waals surface area contributed by atoms with Crippen LogP contribution in [0, 0.1) is 0 Å². The van der Waals surface area contributed by atoms with E-state index in [0.29, 0.717) is 0 Å². The molecule has 0 fully saturated rings. The van der Waals surface area contributed by atoms with Crippen molar-refractivity contribution in [2.24, 2.45) is 0 Å². The van der Waals surface area contributed by atoms with Crippen LogP contribution < -0.4 is 0 Å². The van der Waals surface area contributed by atoms with E-state index in [1.807, 2.05) is 0 Å². The normalized spacial score (nSPS) is 15.0. The molecule has 0 aliphatic heterocycles. The molecule has 1 aromatic heterocycles. The number of hydrogen-bond donors (Lipinski definition) is 1. The number of aromatic amines is 1. The quantitative estimate of drug-likeness (QED) is 0.431. The van der Waals surface area contributed by atoms with Gasteiger partial charge in [0.1, 0.15) is 0 Å². The van der Waals surface area contributed by atoms with Crippen LogP contribution in [-0.4, -0.2) is 4.98 Å². The van der Waals surface area contributed by atoms with Crippen molar-refractivity contribution in [1.29, 1.82) is 0 Å². The second-order valence-electron chi connectivity index (χ2n) is 7.47. The number of hydrogen-bond acceptors (Lipinski definition) is 0. The smallest absolute Gasteiger partial charge is 0.0468 e. The van der Waals surface area contributed by atoms with Crippen LogP contribution in [0.15, 0.2) is 54.6 Å². The first kappa shape index (κ1) is 13.9. The van der Waals surface area contributed by atoms with Crippen LogP contribution in [0.1, 0.15) is 37.5 Å². The maximum Gasteiger partial charge on any atom is 0.0468 e. The molecule has 1 aliphatic carbocycles. The van der Waals surface area contributed by atoms with Crippen molar-refractivity contribution in [3.8, 4) is 11.1 Å². The highest BCUT2D eigenvalue weighted by Gasteiger charge is 2.35. The van der Waals surface area contributed by atoms with Gasteiger partial charge in [-0.05, 0) is 58.5 Å². The topological polar surface area (TPSA) is 15.8 Å². The van der Waals surface area contributed by atoms with Crippen molar-refractivity contribution >= 4 is 21.8 Å². The van der Waals surface area contributed by atoms with E-state index in [1.54, 1.807) is 0 Å². The predicted octanol–water partition coefficient (Wildman–Crippen LogP) is 6.19. The van der Waals surface area contributed by atoms with Gasteiger partial charge in [0.2, 0.25) is 0 Å². The van der Waals surface area contributed by atoms with E-state index in [9.17, 15) is 0 Å². The number of H-pyrrole nitrogens is 1. The lowest BCUT2D eigenvalue weighted by Gasteiger charge is -2.21. The van der Waals surface area contributed by atoms with Crippen molar-refractivity contribution in [1.82, 2.24) is 4.98 Å². The standard InChI is InChI=1S/C23H21N/c1-4-14-9-10-21-17(11-14)18-12-16-15-7-5-6-8-19(15)23(2,3)20(16)13-22(18)24-21/h5-13,24H,4H2,1-3H3. The second kappa shape index (κ2) is 4.51. The fourth-order valence-electron chi connectivity index (χ4n) is 4.36. The summed E-state index contributed by atoms with van der Waals surface area (Å²) in [6.45, 7) is 6.88. The first-order chi connectivity index (χ1) is 11.6. The third kappa shape index (κ3) is 1.65. The molecule has 1 nitrogen and oxygen atoms in total. The van der Waals surface area contributed by atoms with Gasteiger partial charge < -0.3 is 4.98 Å². The molecule has 1 heterocycles. The van der Waals surface area contributed by atoms with E-state index in [1.165, 1.54) is 49.6 Å². The van der Waals surface area contributed by atoms with E-state index >= 15 is 0 Å². The number of nitrogens with one attached hydrogen (secondary N) is 1. The number of aryl methyl sites for hydroxylation is 1. The molecule has 3 aromatic carbocycles. The van der Waals surface area contributed by atoms with E-state index in [4.69, 9.17) is 0 Å². The summed E-state index contributed by atoms with van der Waals surface area (Å²) in [4.78, 5) is 3.62. The Kier molecular flexibility index (Phi) is 2.60. The largest absolute Gasteiger partial charge is 0.355 e. The van der Waals surface area contributed by atoms with Crippen LogP contribution in [0.3, 0.4) is 0 Å². The van der Waals surface area contributed by atoms with Crippen molar-refractivity contribution in [3.63, 3.8) is 0 Å². The van der Waals surface area contributed by atoms with Gasteiger partial charge in [0.25, 0.3) is 0 Å². The summed E-state index contributed by atoms with van der Waals surface area (Å²) in [5.74, 6) is 0. The molecule has 24 heavy (non-hydrogen) atoms. The fraction of sp³-hybridized carbons (Fsp3) is 0.217. The second-order valence-corrected chi connectivity index (χ2v) is 7.47. The van der Waals surface area contributed by atoms with Crippen LogP contribution >= 0.6 is 0 Å². The highest BCUT2D eigenvalue weighted by atomic mass is 14.7. The third-order valence-electron chi connectivity index (χ3n) is 5.77. The Balaban J connectivity index is 1.90. The van der Waals surface area contributed by atoms with Crippen molar-refractivity contribution in [2.75, 3.05) is 0 Å². The third-order valence-corrected chi connectivity index (χ3v) is 5.77. The minimum absolute atomic E-state index is 0.0615. The molecule has 0 atom stereocenters. The maximum absolute atomic E-state index is 3.62. The van der Waals surface area contributed by atoms with Gasteiger partial charge in [0.15, 0.2) is 0 Å². The lowest BCUT2D eigenvalue weighted by Crippen LogP contribution is -2.14. The highest BCUT2D eigenvalue weighted by molar-refractivity contribution is 6.10. The Hall–Kier alpha value is -2.54. The van der Waals surface area contributed by atoms with Gasteiger partial charge in [-0.15, -0.1) is 0 Å². The van der Waals surface area contributed by atoms with Gasteiger partial charge >= 0.3 is 0 Å². The first-order valence-corrected chi connectivity index (χ1v) is 8.78. The van der Waals surface area contributed by atoms with E-state index < -0.39 is 0 Å². The zero-order valence-corrected chi connectivity index (χ0v) is 14.4. The minimum Gasteiger partial charge on any atom is -0.355 e. The van der Waals surface area contributed by atoms with Gasteiger partial charge in [-0.1, -0.05) is 51.1 Å². The van der Waals surface area contributed by atoms with Crippen LogP contribution in [0.25, 0.3) is 32.9 Å². The summed E-state index contributed by atoms with van der Waals surface area (Å²) < 4.78 is 0. The molecule has 0 bridgehead atoms. The Morgan fingerprint density at radius 1 is 0.792 bits per heavy atom. The van der Waals surface area contributed by atoms with Crippen LogP contribution in [0.2, 0.25) is 0 Å². The molecule has 1 heteroatoms. The van der Waals surface area contributed by atoms with Gasteiger partial charge in [0.05, 0.1) is 0 Å². The molecular weight excluding hydrogens is 290 g/mol. The molecule has 118 valence electrons. The average Bonchev–Trinajstić information content (AvgIpc) is 3.07. The number of fused-ring (bicyclic) bond motifs is 6. The molecule has 0 unspecified atom stereocenters. The summed E-state index contributed by atoms with van der Waals surface area (Å²) in [7, 11) is 0. The van der Waals surface area contributed by atoms with Gasteiger partial charge in [-0.25, -0.2) is 0 Å². The van der Waals surface area contributed by atoms with Gasteiger partial charge in [-0.3, -0.25) is 0 Å². The Bertz CT molecular complexity index is 1110. The summed E-state index contributed by atoms with van der Waals surface area (Å²) in [6, 6.07) is 20.4. The molecule has 4 aromatic rings. The number of benzene rings is 3.